The Morgan fingerprint density at radius 2 is 1.68 bits per heavy atom. The van der Waals surface area contributed by atoms with Crippen LogP contribution in [0, 0.1) is 0 Å². The molecule has 3 aromatic rings. The average molecular weight is 550 g/mol. The lowest BCUT2D eigenvalue weighted by Gasteiger charge is -2.20. The monoisotopic (exact) mass is 549 g/mol. The average Bonchev–Trinajstić information content (AvgIpc) is 3.06. The van der Waals surface area contributed by atoms with Gasteiger partial charge in [0.25, 0.3) is 5.91 Å². The number of amides is 3. The minimum atomic E-state index is -4.87. The molecule has 2 N–H and O–H groups in total. The molecule has 1 atom stereocenters. The van der Waals surface area contributed by atoms with Crippen molar-refractivity contribution in [2.45, 2.75) is 32.4 Å². The van der Waals surface area contributed by atoms with Crippen molar-refractivity contribution in [2.75, 3.05) is 9.62 Å². The van der Waals surface area contributed by atoms with Crippen LogP contribution in [-0.2, 0) is 28.1 Å². The molecule has 1 aromatic heterocycles. The number of ether oxygens (including phenoxy) is 1. The largest absolute Gasteiger partial charge is 0.573 e. The zero-order valence-electron chi connectivity index (χ0n) is 19.8. The van der Waals surface area contributed by atoms with Gasteiger partial charge in [-0.3, -0.25) is 9.52 Å². The fourth-order valence-corrected chi connectivity index (χ4v) is 4.54. The summed E-state index contributed by atoms with van der Waals surface area (Å²) >= 11 is 0. The Bertz CT molecular complexity index is 1420. The summed E-state index contributed by atoms with van der Waals surface area (Å²) in [4.78, 5) is 32.0. The zero-order chi connectivity index (χ0) is 27.5. The highest BCUT2D eigenvalue weighted by atomic mass is 32.2. The number of carbonyl (C=O) groups excluding carboxylic acids is 2. The molecule has 0 spiro atoms. The van der Waals surface area contributed by atoms with Crippen LogP contribution in [0.1, 0.15) is 18.1 Å². The lowest BCUT2D eigenvalue weighted by Crippen LogP contribution is -2.33. The smallest absolute Gasteiger partial charge is 0.406 e. The van der Waals surface area contributed by atoms with Gasteiger partial charge < -0.3 is 9.64 Å². The molecule has 2 aromatic carbocycles. The van der Waals surface area contributed by atoms with Gasteiger partial charge in [-0.1, -0.05) is 30.3 Å². The number of carbonyl (C=O) groups is 2. The standard InChI is InChI=1S/C24H22F3N5O5S/c1-16-22(33)32(19-7-9-20(10-8-19)37-24(25,26)27)23(34)31(16)15-18-11-12-28-21(13-18)30-38(35,36)29-14-17-5-3-2-4-6-17/h2-13,16,29H,14-15H2,1H3,(H,28,30). The maximum atomic E-state index is 13.1. The first-order chi connectivity index (χ1) is 17.9. The Morgan fingerprint density at radius 3 is 2.34 bits per heavy atom. The van der Waals surface area contributed by atoms with E-state index in [2.05, 4.69) is 19.2 Å². The first-order valence-electron chi connectivity index (χ1n) is 11.2. The van der Waals surface area contributed by atoms with Gasteiger partial charge in [0.05, 0.1) is 5.69 Å². The normalized spacial score (nSPS) is 16.2. The van der Waals surface area contributed by atoms with Crippen molar-refractivity contribution in [3.63, 3.8) is 0 Å². The van der Waals surface area contributed by atoms with Gasteiger partial charge in [-0.05, 0) is 54.4 Å². The SMILES string of the molecule is CC1C(=O)N(c2ccc(OC(F)(F)F)cc2)C(=O)N1Cc1ccnc(NS(=O)(=O)NCc2ccccc2)c1. The second kappa shape index (κ2) is 10.7. The van der Waals surface area contributed by atoms with Gasteiger partial charge in [0.1, 0.15) is 17.6 Å². The molecule has 10 nitrogen and oxygen atoms in total. The van der Waals surface area contributed by atoms with E-state index in [0.29, 0.717) is 5.56 Å². The number of rotatable bonds is 9. The summed E-state index contributed by atoms with van der Waals surface area (Å²) in [5, 5.41) is 0. The van der Waals surface area contributed by atoms with Crippen LogP contribution < -0.4 is 19.1 Å². The predicted octanol–water partition coefficient (Wildman–Crippen LogP) is 3.78. The van der Waals surface area contributed by atoms with Crippen molar-refractivity contribution in [1.29, 1.82) is 0 Å². The van der Waals surface area contributed by atoms with Gasteiger partial charge >= 0.3 is 22.6 Å². The number of urea groups is 1. The summed E-state index contributed by atoms with van der Waals surface area (Å²) in [6.45, 7) is 1.53. The fraction of sp³-hybridized carbons (Fsp3) is 0.208. The van der Waals surface area contributed by atoms with Crippen LogP contribution in [-0.4, -0.2) is 42.6 Å². The minimum Gasteiger partial charge on any atom is -0.406 e. The Labute approximate surface area is 216 Å². The van der Waals surface area contributed by atoms with E-state index in [1.165, 1.54) is 36.2 Å². The lowest BCUT2D eigenvalue weighted by atomic mass is 10.2. The number of aromatic nitrogens is 1. The number of hydrogen-bond acceptors (Lipinski definition) is 6. The highest BCUT2D eigenvalue weighted by molar-refractivity contribution is 7.90. The third-order valence-corrected chi connectivity index (χ3v) is 6.54. The van der Waals surface area contributed by atoms with Crippen molar-refractivity contribution in [3.8, 4) is 5.75 Å². The van der Waals surface area contributed by atoms with E-state index < -0.39 is 40.3 Å². The van der Waals surface area contributed by atoms with Crippen molar-refractivity contribution in [1.82, 2.24) is 14.6 Å². The van der Waals surface area contributed by atoms with Crippen LogP contribution >= 0.6 is 0 Å². The van der Waals surface area contributed by atoms with Gasteiger partial charge in [-0.25, -0.2) is 14.7 Å². The molecule has 38 heavy (non-hydrogen) atoms. The van der Waals surface area contributed by atoms with Crippen LogP contribution in [0.15, 0.2) is 72.9 Å². The van der Waals surface area contributed by atoms with E-state index in [-0.39, 0.29) is 24.6 Å². The van der Waals surface area contributed by atoms with Gasteiger partial charge in [-0.15, -0.1) is 13.2 Å². The number of benzene rings is 2. The summed E-state index contributed by atoms with van der Waals surface area (Å²) in [7, 11) is -3.95. The number of hydrogen-bond donors (Lipinski definition) is 2. The zero-order valence-corrected chi connectivity index (χ0v) is 20.7. The van der Waals surface area contributed by atoms with Gasteiger partial charge in [-0.2, -0.15) is 13.1 Å². The van der Waals surface area contributed by atoms with Gasteiger partial charge in [0, 0.05) is 19.3 Å². The quantitative estimate of drug-likeness (QED) is 0.392. The van der Waals surface area contributed by atoms with E-state index in [1.54, 1.807) is 30.3 Å². The van der Waals surface area contributed by atoms with E-state index in [1.807, 2.05) is 6.07 Å². The summed E-state index contributed by atoms with van der Waals surface area (Å²) < 4.78 is 70.6. The van der Waals surface area contributed by atoms with Gasteiger partial charge in [0.15, 0.2) is 0 Å². The molecule has 3 amide bonds. The first kappa shape index (κ1) is 26.9. The van der Waals surface area contributed by atoms with Crippen LogP contribution in [0.5, 0.6) is 5.75 Å². The van der Waals surface area contributed by atoms with E-state index >= 15 is 0 Å². The van der Waals surface area contributed by atoms with E-state index in [4.69, 9.17) is 0 Å². The number of anilines is 2. The second-order valence-corrected chi connectivity index (χ2v) is 9.76. The van der Waals surface area contributed by atoms with Crippen LogP contribution in [0.25, 0.3) is 0 Å². The number of nitrogens with zero attached hydrogens (tertiary/aromatic N) is 3. The van der Waals surface area contributed by atoms with E-state index in [0.717, 1.165) is 22.6 Å². The number of alkyl halides is 3. The number of pyridine rings is 1. The maximum Gasteiger partial charge on any atom is 0.573 e. The second-order valence-electron chi connectivity index (χ2n) is 8.26. The molecule has 2 heterocycles. The van der Waals surface area contributed by atoms with E-state index in [9.17, 15) is 31.2 Å². The van der Waals surface area contributed by atoms with Crippen molar-refractivity contribution in [2.24, 2.45) is 0 Å². The summed E-state index contributed by atoms with van der Waals surface area (Å²) in [6.07, 6.45) is -3.52. The topological polar surface area (TPSA) is 121 Å². The minimum absolute atomic E-state index is 0.00537. The molecule has 1 aliphatic rings. The van der Waals surface area contributed by atoms with Gasteiger partial charge in [0.2, 0.25) is 0 Å². The molecule has 0 bridgehead atoms. The highest BCUT2D eigenvalue weighted by Crippen LogP contribution is 2.30. The molecule has 14 heteroatoms. The molecular weight excluding hydrogens is 527 g/mol. The van der Waals surface area contributed by atoms with Crippen molar-refractivity contribution >= 4 is 33.7 Å². The summed E-state index contributed by atoms with van der Waals surface area (Å²) in [5.41, 5.74) is 1.33. The molecule has 1 unspecified atom stereocenters. The lowest BCUT2D eigenvalue weighted by molar-refractivity contribution is -0.274. The Balaban J connectivity index is 1.43. The third kappa shape index (κ3) is 6.58. The molecule has 1 aliphatic heterocycles. The molecule has 0 aliphatic carbocycles. The highest BCUT2D eigenvalue weighted by Gasteiger charge is 2.43. The fourth-order valence-electron chi connectivity index (χ4n) is 3.72. The molecule has 1 saturated heterocycles. The number of nitrogens with one attached hydrogen (secondary N) is 2. The van der Waals surface area contributed by atoms with Crippen molar-refractivity contribution in [3.05, 3.63) is 84.1 Å². The molecular formula is C24H22F3N5O5S. The Morgan fingerprint density at radius 1 is 1.00 bits per heavy atom. The third-order valence-electron chi connectivity index (χ3n) is 5.54. The first-order valence-corrected chi connectivity index (χ1v) is 12.7. The number of halogens is 3. The molecule has 0 radical (unpaired) electrons. The summed E-state index contributed by atoms with van der Waals surface area (Å²) in [6, 6.07) is 14.7. The number of imide groups is 1. The predicted molar refractivity (Wildman–Crippen MR) is 131 cm³/mol. The molecule has 0 saturated carbocycles. The van der Waals surface area contributed by atoms with Crippen LogP contribution in [0.2, 0.25) is 0 Å². The Kier molecular flexibility index (Phi) is 7.55. The van der Waals surface area contributed by atoms with Crippen molar-refractivity contribution < 1.29 is 35.9 Å². The maximum absolute atomic E-state index is 13.1. The Hall–Kier alpha value is -4.17. The van der Waals surface area contributed by atoms with Crippen LogP contribution in [0.3, 0.4) is 0 Å². The molecule has 4 rings (SSSR count). The summed E-state index contributed by atoms with van der Waals surface area (Å²) in [5.74, 6) is -1.05. The molecule has 200 valence electrons. The van der Waals surface area contributed by atoms with Crippen LogP contribution in [0.4, 0.5) is 29.5 Å². The molecule has 1 fully saturated rings.